The molecule has 2 N–H and O–H groups in total. The Morgan fingerprint density at radius 1 is 1.03 bits per heavy atom. The van der Waals surface area contributed by atoms with Crippen LogP contribution in [0.4, 0.5) is 5.82 Å². The summed E-state index contributed by atoms with van der Waals surface area (Å²) in [6.07, 6.45) is 13.2. The summed E-state index contributed by atoms with van der Waals surface area (Å²) < 4.78 is 2.73. The average Bonchev–Trinajstić information content (AvgIpc) is 3.32. The van der Waals surface area contributed by atoms with Crippen LogP contribution in [0.15, 0.2) is 97.0 Å². The maximum Gasteiger partial charge on any atom is 0.171 e. The first-order chi connectivity index (χ1) is 18.6. The number of hydrogen-bond acceptors (Lipinski definition) is 5. The summed E-state index contributed by atoms with van der Waals surface area (Å²) >= 11 is 3.61. The van der Waals surface area contributed by atoms with Gasteiger partial charge in [-0.3, -0.25) is 4.98 Å². The lowest BCUT2D eigenvalue weighted by molar-refractivity contribution is 0.552. The number of nitrogens with one attached hydrogen (secondary N) is 2. The van der Waals surface area contributed by atoms with E-state index in [0.717, 1.165) is 53.0 Å². The van der Waals surface area contributed by atoms with E-state index in [1.54, 1.807) is 24.7 Å². The number of anilines is 1. The monoisotopic (exact) mass is 576 g/mol. The smallest absolute Gasteiger partial charge is 0.171 e. The topological polar surface area (TPSA) is 67.1 Å². The standard InChI is InChI=1S/C25H27BrN6.C3H8.C3H6/c1-2-27-14-12-21(11-10-19-7-4-3-5-8-19)23-15-24(29-17-20-9-6-13-28-16-20)32-25(31-23)22(26)18-30-32;2*1-3-2/h2-9,13,15-16,18,21,27,29H,1,10-12,14,17H2;3H2,1-2H3;3H,1H2,2H3. The maximum absolute atomic E-state index is 4.99. The fourth-order valence-corrected chi connectivity index (χ4v) is 4.12. The Labute approximate surface area is 236 Å². The molecule has 3 heterocycles. The highest BCUT2D eigenvalue weighted by Crippen LogP contribution is 2.29. The van der Waals surface area contributed by atoms with Gasteiger partial charge in [0.15, 0.2) is 5.65 Å². The van der Waals surface area contributed by atoms with Gasteiger partial charge in [0.25, 0.3) is 0 Å². The number of allylic oxidation sites excluding steroid dienone is 1. The molecule has 4 aromatic rings. The molecule has 6 nitrogen and oxygen atoms in total. The van der Waals surface area contributed by atoms with Gasteiger partial charge in [0.05, 0.1) is 10.7 Å². The van der Waals surface area contributed by atoms with Crippen LogP contribution in [0.5, 0.6) is 0 Å². The first-order valence-electron chi connectivity index (χ1n) is 13.2. The van der Waals surface area contributed by atoms with Crippen molar-refractivity contribution in [1.29, 1.82) is 0 Å². The van der Waals surface area contributed by atoms with E-state index in [4.69, 9.17) is 4.98 Å². The first-order valence-corrected chi connectivity index (χ1v) is 14.0. The van der Waals surface area contributed by atoms with Crippen molar-refractivity contribution in [3.8, 4) is 0 Å². The van der Waals surface area contributed by atoms with Crippen LogP contribution in [0, 0.1) is 0 Å². The van der Waals surface area contributed by atoms with E-state index in [2.05, 4.69) is 106 Å². The Morgan fingerprint density at radius 3 is 2.39 bits per heavy atom. The number of nitrogens with zero attached hydrogens (tertiary/aromatic N) is 4. The second-order valence-electron chi connectivity index (χ2n) is 8.79. The minimum Gasteiger partial charge on any atom is -0.391 e. The highest BCUT2D eigenvalue weighted by Gasteiger charge is 2.18. The quantitative estimate of drug-likeness (QED) is 0.140. The van der Waals surface area contributed by atoms with E-state index in [0.29, 0.717) is 12.5 Å². The summed E-state index contributed by atoms with van der Waals surface area (Å²) in [5.74, 6) is 1.22. The number of pyridine rings is 1. The Bertz CT molecular complexity index is 1210. The van der Waals surface area contributed by atoms with Crippen LogP contribution < -0.4 is 10.6 Å². The van der Waals surface area contributed by atoms with Crippen LogP contribution in [-0.4, -0.2) is 26.1 Å². The van der Waals surface area contributed by atoms with E-state index in [9.17, 15) is 0 Å². The maximum atomic E-state index is 4.99. The normalized spacial score (nSPS) is 10.8. The minimum absolute atomic E-state index is 0.299. The number of hydrogen-bond donors (Lipinski definition) is 2. The van der Waals surface area contributed by atoms with Gasteiger partial charge < -0.3 is 10.6 Å². The molecule has 38 heavy (non-hydrogen) atoms. The fourth-order valence-electron chi connectivity index (χ4n) is 3.77. The van der Waals surface area contributed by atoms with Gasteiger partial charge in [-0.2, -0.15) is 9.61 Å². The minimum atomic E-state index is 0.299. The molecule has 0 saturated heterocycles. The number of halogens is 1. The van der Waals surface area contributed by atoms with Crippen LogP contribution in [0.25, 0.3) is 5.65 Å². The molecule has 202 valence electrons. The van der Waals surface area contributed by atoms with Gasteiger partial charge in [0, 0.05) is 43.2 Å². The van der Waals surface area contributed by atoms with Crippen molar-refractivity contribution in [3.05, 3.63) is 114 Å². The molecule has 0 saturated carbocycles. The number of aryl methyl sites for hydroxylation is 1. The predicted molar refractivity (Wildman–Crippen MR) is 164 cm³/mol. The molecular weight excluding hydrogens is 536 g/mol. The summed E-state index contributed by atoms with van der Waals surface area (Å²) in [7, 11) is 0. The molecule has 0 amide bonds. The zero-order chi connectivity index (χ0) is 27.6. The van der Waals surface area contributed by atoms with Crippen LogP contribution in [0.1, 0.15) is 62.8 Å². The number of rotatable bonds is 11. The molecule has 0 bridgehead atoms. The van der Waals surface area contributed by atoms with Gasteiger partial charge in [-0.25, -0.2) is 4.98 Å². The first kappa shape index (κ1) is 30.8. The number of benzene rings is 1. The van der Waals surface area contributed by atoms with Gasteiger partial charge in [-0.15, -0.1) is 6.58 Å². The van der Waals surface area contributed by atoms with Gasteiger partial charge in [0.1, 0.15) is 5.82 Å². The van der Waals surface area contributed by atoms with Crippen molar-refractivity contribution >= 4 is 27.4 Å². The summed E-state index contributed by atoms with van der Waals surface area (Å²) in [6.45, 7) is 14.8. The van der Waals surface area contributed by atoms with Crippen molar-refractivity contribution in [2.75, 3.05) is 11.9 Å². The highest BCUT2D eigenvalue weighted by molar-refractivity contribution is 9.10. The zero-order valence-electron chi connectivity index (χ0n) is 22.9. The van der Waals surface area contributed by atoms with E-state index >= 15 is 0 Å². The Hall–Kier alpha value is -3.45. The average molecular weight is 578 g/mol. The van der Waals surface area contributed by atoms with E-state index < -0.39 is 0 Å². The largest absolute Gasteiger partial charge is 0.391 e. The lowest BCUT2D eigenvalue weighted by Gasteiger charge is -2.19. The third kappa shape index (κ3) is 10.1. The van der Waals surface area contributed by atoms with Crippen LogP contribution in [0.2, 0.25) is 0 Å². The molecule has 0 fully saturated rings. The Balaban J connectivity index is 0.000000773. The molecule has 0 aliphatic carbocycles. The lowest BCUT2D eigenvalue weighted by atomic mass is 9.93. The molecule has 0 radical (unpaired) electrons. The lowest BCUT2D eigenvalue weighted by Crippen LogP contribution is -2.15. The van der Waals surface area contributed by atoms with E-state index in [1.807, 2.05) is 23.7 Å². The summed E-state index contributed by atoms with van der Waals surface area (Å²) in [6, 6.07) is 16.8. The summed E-state index contributed by atoms with van der Waals surface area (Å²) in [5, 5.41) is 11.3. The second kappa shape index (κ2) is 17.9. The molecule has 1 unspecified atom stereocenters. The van der Waals surface area contributed by atoms with Crippen molar-refractivity contribution < 1.29 is 0 Å². The number of aromatic nitrogens is 4. The van der Waals surface area contributed by atoms with Crippen molar-refractivity contribution in [3.63, 3.8) is 0 Å². The Kier molecular flexibility index (Phi) is 14.5. The van der Waals surface area contributed by atoms with Crippen molar-refractivity contribution in [2.24, 2.45) is 0 Å². The zero-order valence-corrected chi connectivity index (χ0v) is 24.5. The fraction of sp³-hybridized carbons (Fsp3) is 0.323. The predicted octanol–water partition coefficient (Wildman–Crippen LogP) is 7.95. The molecule has 1 atom stereocenters. The van der Waals surface area contributed by atoms with Gasteiger partial charge in [-0.05, 0) is 65.5 Å². The Morgan fingerprint density at radius 2 is 1.74 bits per heavy atom. The van der Waals surface area contributed by atoms with Crippen LogP contribution >= 0.6 is 15.9 Å². The van der Waals surface area contributed by atoms with Gasteiger partial charge in [-0.1, -0.05) is 69.3 Å². The van der Waals surface area contributed by atoms with Crippen LogP contribution in [0.3, 0.4) is 0 Å². The van der Waals surface area contributed by atoms with Crippen LogP contribution in [-0.2, 0) is 13.0 Å². The van der Waals surface area contributed by atoms with E-state index in [1.165, 1.54) is 12.0 Å². The molecule has 0 aliphatic heterocycles. The SMILES string of the molecule is C=CC.C=CNCCC(CCc1ccccc1)c1cc(NCc2cccnc2)n2ncc(Br)c2n1.CCC. The third-order valence-electron chi connectivity index (χ3n) is 5.47. The van der Waals surface area contributed by atoms with Crippen molar-refractivity contribution in [2.45, 2.75) is 58.9 Å². The number of fused-ring (bicyclic) bond motifs is 1. The molecule has 7 heteroatoms. The molecular formula is C31H41BrN6. The summed E-state index contributed by atoms with van der Waals surface area (Å²) in [5.41, 5.74) is 4.34. The van der Waals surface area contributed by atoms with Crippen molar-refractivity contribution in [1.82, 2.24) is 24.9 Å². The molecule has 0 spiro atoms. The summed E-state index contributed by atoms with van der Waals surface area (Å²) in [4.78, 5) is 9.20. The molecule has 3 aromatic heterocycles. The molecule has 1 aromatic carbocycles. The third-order valence-corrected chi connectivity index (χ3v) is 6.03. The van der Waals surface area contributed by atoms with Gasteiger partial charge in [0.2, 0.25) is 0 Å². The van der Waals surface area contributed by atoms with Gasteiger partial charge >= 0.3 is 0 Å². The molecule has 4 rings (SSSR count). The highest BCUT2D eigenvalue weighted by atomic mass is 79.9. The second-order valence-corrected chi connectivity index (χ2v) is 9.65. The van der Waals surface area contributed by atoms with E-state index in [-0.39, 0.29) is 0 Å². The molecule has 0 aliphatic rings.